The van der Waals surface area contributed by atoms with Crippen molar-refractivity contribution >= 4 is 11.6 Å². The van der Waals surface area contributed by atoms with E-state index in [0.29, 0.717) is 11.2 Å². The molecule has 0 unspecified atom stereocenters. The minimum absolute atomic E-state index is 0.213. The van der Waals surface area contributed by atoms with E-state index in [-0.39, 0.29) is 6.10 Å². The molecule has 1 aromatic heterocycles. The summed E-state index contributed by atoms with van der Waals surface area (Å²) in [5.41, 5.74) is 0.870. The Morgan fingerprint density at radius 2 is 2.20 bits per heavy atom. The van der Waals surface area contributed by atoms with E-state index in [0.717, 1.165) is 31.5 Å². The van der Waals surface area contributed by atoms with Gasteiger partial charge in [0.1, 0.15) is 11.3 Å². The molecule has 1 N–H and O–H groups in total. The van der Waals surface area contributed by atoms with Crippen LogP contribution in [-0.4, -0.2) is 29.2 Å². The molecule has 2 heterocycles. The molecule has 4 nitrogen and oxygen atoms in total. The molecule has 1 fully saturated rings. The van der Waals surface area contributed by atoms with Gasteiger partial charge in [-0.15, -0.1) is 0 Å². The zero-order chi connectivity index (χ0) is 10.7. The van der Waals surface area contributed by atoms with Crippen LogP contribution in [0.3, 0.4) is 0 Å². The Morgan fingerprint density at radius 1 is 1.47 bits per heavy atom. The Morgan fingerprint density at radius 3 is 2.87 bits per heavy atom. The van der Waals surface area contributed by atoms with E-state index in [1.807, 2.05) is 6.92 Å². The summed E-state index contributed by atoms with van der Waals surface area (Å²) in [6.45, 7) is 3.85. The van der Waals surface area contributed by atoms with Crippen LogP contribution in [0.4, 0.5) is 0 Å². The molecule has 0 radical (unpaired) electrons. The number of rotatable bonds is 2. The SMILES string of the molecule is Cc1cnc(OC2CCNCC2)nc1Cl. The van der Waals surface area contributed by atoms with E-state index in [4.69, 9.17) is 16.3 Å². The van der Waals surface area contributed by atoms with E-state index in [9.17, 15) is 0 Å². The highest BCUT2D eigenvalue weighted by Gasteiger charge is 2.15. The highest BCUT2D eigenvalue weighted by Crippen LogP contribution is 2.16. The van der Waals surface area contributed by atoms with Crippen LogP contribution in [0.15, 0.2) is 6.20 Å². The molecule has 1 aliphatic heterocycles. The maximum absolute atomic E-state index is 5.89. The van der Waals surface area contributed by atoms with Crippen LogP contribution in [0.1, 0.15) is 18.4 Å². The fraction of sp³-hybridized carbons (Fsp3) is 0.600. The van der Waals surface area contributed by atoms with Gasteiger partial charge >= 0.3 is 6.01 Å². The third kappa shape index (κ3) is 2.79. The number of ether oxygens (including phenoxy) is 1. The number of aromatic nitrogens is 2. The molecule has 0 saturated carbocycles. The summed E-state index contributed by atoms with van der Waals surface area (Å²) in [6.07, 6.45) is 3.89. The smallest absolute Gasteiger partial charge is 0.318 e. The first-order valence-corrected chi connectivity index (χ1v) is 5.50. The Hall–Kier alpha value is -0.870. The third-order valence-electron chi connectivity index (χ3n) is 2.45. The lowest BCUT2D eigenvalue weighted by atomic mass is 10.1. The van der Waals surface area contributed by atoms with E-state index in [2.05, 4.69) is 15.3 Å². The third-order valence-corrected chi connectivity index (χ3v) is 2.83. The van der Waals surface area contributed by atoms with Gasteiger partial charge in [0.25, 0.3) is 0 Å². The van der Waals surface area contributed by atoms with Crippen molar-refractivity contribution in [1.29, 1.82) is 0 Å². The Bertz CT molecular complexity index is 339. The van der Waals surface area contributed by atoms with Gasteiger partial charge in [0.15, 0.2) is 0 Å². The van der Waals surface area contributed by atoms with E-state index in [1.54, 1.807) is 6.20 Å². The number of nitrogens with one attached hydrogen (secondary N) is 1. The normalized spacial score (nSPS) is 17.7. The first-order valence-electron chi connectivity index (χ1n) is 5.12. The number of piperidine rings is 1. The molecular formula is C10H14ClN3O. The summed E-state index contributed by atoms with van der Waals surface area (Å²) in [6, 6.07) is 0.387. The van der Waals surface area contributed by atoms with Crippen LogP contribution >= 0.6 is 11.6 Å². The van der Waals surface area contributed by atoms with Crippen molar-refractivity contribution in [2.75, 3.05) is 13.1 Å². The second-order valence-electron chi connectivity index (χ2n) is 3.69. The number of hydrogen-bond acceptors (Lipinski definition) is 4. The lowest BCUT2D eigenvalue weighted by Gasteiger charge is -2.22. The highest BCUT2D eigenvalue weighted by atomic mass is 35.5. The zero-order valence-electron chi connectivity index (χ0n) is 8.66. The molecule has 1 aliphatic rings. The summed E-state index contributed by atoms with van der Waals surface area (Å²) >= 11 is 5.89. The van der Waals surface area contributed by atoms with Gasteiger partial charge in [0, 0.05) is 11.8 Å². The molecule has 82 valence electrons. The van der Waals surface area contributed by atoms with Crippen molar-refractivity contribution in [2.24, 2.45) is 0 Å². The summed E-state index contributed by atoms with van der Waals surface area (Å²) in [5.74, 6) is 0. The molecule has 15 heavy (non-hydrogen) atoms. The van der Waals surface area contributed by atoms with Gasteiger partial charge in [0.2, 0.25) is 0 Å². The first-order chi connectivity index (χ1) is 7.25. The van der Waals surface area contributed by atoms with Gasteiger partial charge in [-0.25, -0.2) is 4.98 Å². The topological polar surface area (TPSA) is 47.0 Å². The molecular weight excluding hydrogens is 214 g/mol. The van der Waals surface area contributed by atoms with Gasteiger partial charge in [-0.3, -0.25) is 0 Å². The summed E-state index contributed by atoms with van der Waals surface area (Å²) in [5, 5.41) is 3.74. The highest BCUT2D eigenvalue weighted by molar-refractivity contribution is 6.30. The van der Waals surface area contributed by atoms with Crippen LogP contribution in [-0.2, 0) is 0 Å². The number of nitrogens with zero attached hydrogens (tertiary/aromatic N) is 2. The standard InChI is InChI=1S/C10H14ClN3O/c1-7-6-13-10(14-9(7)11)15-8-2-4-12-5-3-8/h6,8,12H,2-5H2,1H3. The number of hydrogen-bond donors (Lipinski definition) is 1. The molecule has 2 rings (SSSR count). The Balaban J connectivity index is 2.00. The fourth-order valence-electron chi connectivity index (χ4n) is 1.53. The van der Waals surface area contributed by atoms with Crippen molar-refractivity contribution in [3.63, 3.8) is 0 Å². The predicted octanol–water partition coefficient (Wildman–Crippen LogP) is 1.57. The molecule has 0 amide bonds. The second-order valence-corrected chi connectivity index (χ2v) is 4.05. The van der Waals surface area contributed by atoms with Crippen molar-refractivity contribution in [1.82, 2.24) is 15.3 Å². The molecule has 1 saturated heterocycles. The average molecular weight is 228 g/mol. The summed E-state index contributed by atoms with van der Waals surface area (Å²) < 4.78 is 5.64. The van der Waals surface area contributed by atoms with Crippen molar-refractivity contribution in [3.05, 3.63) is 16.9 Å². The Kier molecular flexibility index (Phi) is 3.38. The lowest BCUT2D eigenvalue weighted by molar-refractivity contribution is 0.149. The van der Waals surface area contributed by atoms with E-state index < -0.39 is 0 Å². The van der Waals surface area contributed by atoms with Crippen LogP contribution in [0.25, 0.3) is 0 Å². The molecule has 0 spiro atoms. The Labute approximate surface area is 94.0 Å². The van der Waals surface area contributed by atoms with Crippen LogP contribution < -0.4 is 10.1 Å². The molecule has 0 aliphatic carbocycles. The van der Waals surface area contributed by atoms with E-state index in [1.165, 1.54) is 0 Å². The van der Waals surface area contributed by atoms with Gasteiger partial charge in [-0.05, 0) is 32.9 Å². The quantitative estimate of drug-likeness (QED) is 0.780. The zero-order valence-corrected chi connectivity index (χ0v) is 9.42. The predicted molar refractivity (Wildman–Crippen MR) is 58.3 cm³/mol. The second kappa shape index (κ2) is 4.77. The van der Waals surface area contributed by atoms with Crippen LogP contribution in [0, 0.1) is 6.92 Å². The monoisotopic (exact) mass is 227 g/mol. The number of aryl methyl sites for hydroxylation is 1. The molecule has 0 bridgehead atoms. The first kappa shape index (κ1) is 10.6. The minimum Gasteiger partial charge on any atom is -0.460 e. The number of halogens is 1. The van der Waals surface area contributed by atoms with Crippen LogP contribution in [0.5, 0.6) is 6.01 Å². The molecule has 5 heteroatoms. The summed E-state index contributed by atoms with van der Waals surface area (Å²) in [4.78, 5) is 8.17. The minimum atomic E-state index is 0.213. The summed E-state index contributed by atoms with van der Waals surface area (Å²) in [7, 11) is 0. The molecule has 1 aromatic rings. The largest absolute Gasteiger partial charge is 0.460 e. The molecule has 0 aromatic carbocycles. The lowest BCUT2D eigenvalue weighted by Crippen LogP contribution is -2.34. The maximum Gasteiger partial charge on any atom is 0.318 e. The molecule has 0 atom stereocenters. The maximum atomic E-state index is 5.89. The van der Waals surface area contributed by atoms with E-state index >= 15 is 0 Å². The van der Waals surface area contributed by atoms with Gasteiger partial charge in [0.05, 0.1) is 0 Å². The fourth-order valence-corrected chi connectivity index (χ4v) is 1.65. The van der Waals surface area contributed by atoms with Gasteiger partial charge < -0.3 is 10.1 Å². The van der Waals surface area contributed by atoms with Gasteiger partial charge in [-0.2, -0.15) is 4.98 Å². The van der Waals surface area contributed by atoms with Gasteiger partial charge in [-0.1, -0.05) is 11.6 Å². The van der Waals surface area contributed by atoms with Crippen LogP contribution in [0.2, 0.25) is 5.15 Å². The average Bonchev–Trinajstić information content (AvgIpc) is 2.25. The van der Waals surface area contributed by atoms with Crippen molar-refractivity contribution in [2.45, 2.75) is 25.9 Å². The van der Waals surface area contributed by atoms with Crippen molar-refractivity contribution < 1.29 is 4.74 Å². The van der Waals surface area contributed by atoms with Crippen molar-refractivity contribution in [3.8, 4) is 6.01 Å².